The second kappa shape index (κ2) is 19.7. The molecule has 2 atom stereocenters. The lowest BCUT2D eigenvalue weighted by Crippen LogP contribution is -2.37. The third-order valence-corrected chi connectivity index (χ3v) is 5.76. The first-order valence-electron chi connectivity index (χ1n) is 14.3. The van der Waals surface area contributed by atoms with Gasteiger partial charge in [-0.3, -0.25) is 9.59 Å². The van der Waals surface area contributed by atoms with Crippen molar-refractivity contribution in [1.82, 2.24) is 0 Å². The predicted molar refractivity (Wildman–Crippen MR) is 152 cm³/mol. The molecule has 0 heterocycles. The van der Waals surface area contributed by atoms with Crippen LogP contribution in [-0.4, -0.2) is 56.2 Å². The Morgan fingerprint density at radius 3 is 1.95 bits per heavy atom. The highest BCUT2D eigenvalue weighted by Gasteiger charge is 2.22. The molecule has 0 radical (unpaired) electrons. The number of rotatable bonds is 18. The van der Waals surface area contributed by atoms with Crippen LogP contribution in [0.5, 0.6) is 11.5 Å². The standard InChI is InChI=1S/C30H47NO10/c1-7-8-9-10-27(32)38-19-22(6)39-28(33)24(31)17-23-11-12-25(40-29(34)36-15-13-20(2)3)26(18-23)41-30(35)37-16-14-21(4)5/h11-12,18,20-22,24H,7-10,13-17,19,31H2,1-6H3/t22-,24-/m0/s1. The molecule has 1 rings (SSSR count). The molecular weight excluding hydrogens is 534 g/mol. The Bertz CT molecular complexity index is 963. The Labute approximate surface area is 243 Å². The fraction of sp³-hybridized carbons (Fsp3) is 0.667. The Kier molecular flexibility index (Phi) is 17.1. The molecule has 11 nitrogen and oxygen atoms in total. The van der Waals surface area contributed by atoms with Crippen LogP contribution in [0.15, 0.2) is 18.2 Å². The van der Waals surface area contributed by atoms with Crippen molar-refractivity contribution in [1.29, 1.82) is 0 Å². The fourth-order valence-corrected chi connectivity index (χ4v) is 3.30. The summed E-state index contributed by atoms with van der Waals surface area (Å²) in [6, 6.07) is 3.35. The minimum absolute atomic E-state index is 0.0280. The molecule has 0 aliphatic heterocycles. The average Bonchev–Trinajstić information content (AvgIpc) is 2.88. The summed E-state index contributed by atoms with van der Waals surface area (Å²) in [5, 5.41) is 0. The van der Waals surface area contributed by atoms with Gasteiger partial charge in [-0.15, -0.1) is 0 Å². The zero-order valence-electron chi connectivity index (χ0n) is 25.3. The van der Waals surface area contributed by atoms with E-state index in [1.54, 1.807) is 13.0 Å². The lowest BCUT2D eigenvalue weighted by molar-refractivity contribution is -0.159. The van der Waals surface area contributed by atoms with Crippen molar-refractivity contribution in [3.05, 3.63) is 23.8 Å². The van der Waals surface area contributed by atoms with Gasteiger partial charge in [-0.2, -0.15) is 0 Å². The molecule has 0 aliphatic carbocycles. The summed E-state index contributed by atoms with van der Waals surface area (Å²) in [7, 11) is 0. The van der Waals surface area contributed by atoms with Crippen molar-refractivity contribution in [3.63, 3.8) is 0 Å². The number of nitrogens with two attached hydrogens (primary N) is 1. The summed E-state index contributed by atoms with van der Waals surface area (Å²) in [6.45, 7) is 11.9. The van der Waals surface area contributed by atoms with Gasteiger partial charge in [0.15, 0.2) is 11.5 Å². The Hall–Kier alpha value is -3.34. The van der Waals surface area contributed by atoms with E-state index in [2.05, 4.69) is 0 Å². The summed E-state index contributed by atoms with van der Waals surface area (Å²) in [4.78, 5) is 48.8. The molecule has 0 saturated heterocycles. The molecule has 0 aromatic heterocycles. The van der Waals surface area contributed by atoms with E-state index in [0.717, 1.165) is 19.3 Å². The van der Waals surface area contributed by atoms with Gasteiger partial charge in [-0.25, -0.2) is 9.59 Å². The van der Waals surface area contributed by atoms with Gasteiger partial charge in [0, 0.05) is 6.42 Å². The number of hydrogen-bond acceptors (Lipinski definition) is 11. The zero-order valence-corrected chi connectivity index (χ0v) is 25.3. The molecular formula is C30H47NO10. The highest BCUT2D eigenvalue weighted by molar-refractivity contribution is 5.76. The molecule has 41 heavy (non-hydrogen) atoms. The van der Waals surface area contributed by atoms with Crippen LogP contribution in [0.2, 0.25) is 0 Å². The van der Waals surface area contributed by atoms with Crippen molar-refractivity contribution in [2.75, 3.05) is 19.8 Å². The molecule has 0 amide bonds. The molecule has 11 heteroatoms. The van der Waals surface area contributed by atoms with Crippen LogP contribution in [-0.2, 0) is 35.0 Å². The smallest absolute Gasteiger partial charge is 0.462 e. The van der Waals surface area contributed by atoms with E-state index in [1.165, 1.54) is 12.1 Å². The van der Waals surface area contributed by atoms with Crippen molar-refractivity contribution in [3.8, 4) is 11.5 Å². The minimum Gasteiger partial charge on any atom is -0.462 e. The fourth-order valence-electron chi connectivity index (χ4n) is 3.30. The first-order chi connectivity index (χ1) is 19.4. The maximum atomic E-state index is 12.5. The molecule has 0 unspecified atom stereocenters. The predicted octanol–water partition coefficient (Wildman–Crippen LogP) is 5.73. The number of carbonyl (C=O) groups is 4. The van der Waals surface area contributed by atoms with Gasteiger partial charge in [0.25, 0.3) is 0 Å². The topological polar surface area (TPSA) is 150 Å². The van der Waals surface area contributed by atoms with E-state index in [1.807, 2.05) is 34.6 Å². The van der Waals surface area contributed by atoms with E-state index in [-0.39, 0.29) is 43.7 Å². The molecule has 1 aromatic rings. The molecule has 0 fully saturated rings. The van der Waals surface area contributed by atoms with E-state index in [9.17, 15) is 19.2 Å². The number of esters is 2. The first-order valence-corrected chi connectivity index (χ1v) is 14.3. The normalized spacial score (nSPS) is 12.4. The van der Waals surface area contributed by atoms with Crippen LogP contribution in [0.25, 0.3) is 0 Å². The summed E-state index contributed by atoms with van der Waals surface area (Å²) in [5.41, 5.74) is 6.57. The van der Waals surface area contributed by atoms with E-state index in [4.69, 9.17) is 34.2 Å². The quantitative estimate of drug-likeness (QED) is 0.0979. The van der Waals surface area contributed by atoms with Crippen LogP contribution in [0, 0.1) is 11.8 Å². The minimum atomic E-state index is -1.06. The van der Waals surface area contributed by atoms with Gasteiger partial charge in [-0.05, 0) is 62.1 Å². The zero-order chi connectivity index (χ0) is 30.8. The van der Waals surface area contributed by atoms with E-state index in [0.29, 0.717) is 36.7 Å². The molecule has 0 spiro atoms. The molecule has 0 saturated carbocycles. The van der Waals surface area contributed by atoms with E-state index < -0.39 is 30.4 Å². The van der Waals surface area contributed by atoms with Gasteiger partial charge >= 0.3 is 24.2 Å². The summed E-state index contributed by atoms with van der Waals surface area (Å²) < 4.78 is 31.2. The maximum Gasteiger partial charge on any atom is 0.513 e. The Balaban J connectivity index is 2.82. The summed E-state index contributed by atoms with van der Waals surface area (Å²) in [6.07, 6.45) is 1.74. The van der Waals surface area contributed by atoms with Crippen LogP contribution < -0.4 is 15.2 Å². The number of carbonyl (C=O) groups excluding carboxylic acids is 4. The number of hydrogen-bond donors (Lipinski definition) is 1. The SMILES string of the molecule is CCCCCC(=O)OC[C@H](C)OC(=O)[C@@H](N)Cc1ccc(OC(=O)OCCC(C)C)c(OC(=O)OCCC(C)C)c1. The number of unbranched alkanes of at least 4 members (excludes halogenated alkanes) is 2. The third-order valence-electron chi connectivity index (χ3n) is 5.76. The van der Waals surface area contributed by atoms with Gasteiger partial charge in [0.05, 0.1) is 13.2 Å². The lowest BCUT2D eigenvalue weighted by atomic mass is 10.1. The third kappa shape index (κ3) is 16.5. The van der Waals surface area contributed by atoms with Crippen molar-refractivity contribution in [2.24, 2.45) is 17.6 Å². The average molecular weight is 582 g/mol. The second-order valence-corrected chi connectivity index (χ2v) is 10.7. The monoisotopic (exact) mass is 581 g/mol. The van der Waals surface area contributed by atoms with Gasteiger partial charge < -0.3 is 34.2 Å². The van der Waals surface area contributed by atoms with Crippen molar-refractivity contribution in [2.45, 2.75) is 98.6 Å². The molecule has 232 valence electrons. The van der Waals surface area contributed by atoms with Crippen LogP contribution in [0.4, 0.5) is 9.59 Å². The first kappa shape index (κ1) is 35.7. The largest absolute Gasteiger partial charge is 0.513 e. The summed E-state index contributed by atoms with van der Waals surface area (Å²) in [5.74, 6) is -0.522. The van der Waals surface area contributed by atoms with Crippen LogP contribution in [0.1, 0.15) is 85.6 Å². The van der Waals surface area contributed by atoms with Gasteiger partial charge in [0.2, 0.25) is 0 Å². The van der Waals surface area contributed by atoms with Crippen molar-refractivity contribution >= 4 is 24.2 Å². The Morgan fingerprint density at radius 2 is 1.39 bits per heavy atom. The highest BCUT2D eigenvalue weighted by atomic mass is 16.7. The van der Waals surface area contributed by atoms with Crippen LogP contribution >= 0.6 is 0 Å². The lowest BCUT2D eigenvalue weighted by Gasteiger charge is -2.18. The maximum absolute atomic E-state index is 12.5. The second-order valence-electron chi connectivity index (χ2n) is 10.7. The summed E-state index contributed by atoms with van der Waals surface area (Å²) >= 11 is 0. The molecule has 1 aromatic carbocycles. The van der Waals surface area contributed by atoms with Gasteiger partial charge in [0.1, 0.15) is 18.8 Å². The Morgan fingerprint density at radius 1 is 0.805 bits per heavy atom. The number of benzene rings is 1. The molecule has 0 aliphatic rings. The number of ether oxygens (including phenoxy) is 6. The van der Waals surface area contributed by atoms with Crippen molar-refractivity contribution < 1.29 is 47.6 Å². The molecule has 2 N–H and O–H groups in total. The van der Waals surface area contributed by atoms with E-state index >= 15 is 0 Å². The highest BCUT2D eigenvalue weighted by Crippen LogP contribution is 2.30. The van der Waals surface area contributed by atoms with Crippen LogP contribution in [0.3, 0.4) is 0 Å². The molecule has 0 bridgehead atoms. The van der Waals surface area contributed by atoms with Gasteiger partial charge in [-0.1, -0.05) is 53.5 Å².